The molecule has 1 N–H and O–H groups in total. The van der Waals surface area contributed by atoms with Crippen LogP contribution in [0.5, 0.6) is 0 Å². The number of carbonyl (C=O) groups excluding carboxylic acids is 2. The number of benzene rings is 2. The van der Waals surface area contributed by atoms with Crippen molar-refractivity contribution in [1.82, 2.24) is 9.97 Å². The minimum absolute atomic E-state index is 0.294. The monoisotopic (exact) mass is 431 g/mol. The van der Waals surface area contributed by atoms with Crippen LogP contribution in [-0.2, 0) is 17.6 Å². The highest BCUT2D eigenvalue weighted by Gasteiger charge is 2.27. The second-order valence-electron chi connectivity index (χ2n) is 7.48. The Morgan fingerprint density at radius 2 is 1.74 bits per heavy atom. The molecule has 2 heterocycles. The van der Waals surface area contributed by atoms with Crippen molar-refractivity contribution < 1.29 is 14.3 Å². The highest BCUT2D eigenvalue weighted by atomic mass is 32.1. The lowest BCUT2D eigenvalue weighted by Crippen LogP contribution is -2.16. The molecule has 0 radical (unpaired) electrons. The van der Waals surface area contributed by atoms with E-state index in [9.17, 15) is 9.59 Å². The predicted molar refractivity (Wildman–Crippen MR) is 122 cm³/mol. The molecule has 1 aliphatic carbocycles. The molecule has 2 aromatic carbocycles. The maximum Gasteiger partial charge on any atom is 0.341 e. The molecule has 0 fully saturated rings. The number of nitrogens with one attached hydrogen (secondary N) is 1. The van der Waals surface area contributed by atoms with Crippen LogP contribution in [-0.4, -0.2) is 28.5 Å². The molecular weight excluding hydrogens is 410 g/mol. The van der Waals surface area contributed by atoms with Crippen molar-refractivity contribution in [3.8, 4) is 0 Å². The largest absolute Gasteiger partial charge is 0.462 e. The summed E-state index contributed by atoms with van der Waals surface area (Å²) in [4.78, 5) is 36.4. The lowest BCUT2D eigenvalue weighted by molar-refractivity contribution is 0.0526. The van der Waals surface area contributed by atoms with Gasteiger partial charge in [-0.2, -0.15) is 0 Å². The van der Waals surface area contributed by atoms with E-state index in [1.54, 1.807) is 19.1 Å². The fourth-order valence-corrected chi connectivity index (χ4v) is 5.34. The number of rotatable bonds is 4. The van der Waals surface area contributed by atoms with Gasteiger partial charge < -0.3 is 10.1 Å². The Balaban J connectivity index is 1.56. The highest BCUT2D eigenvalue weighted by molar-refractivity contribution is 7.17. The van der Waals surface area contributed by atoms with Crippen molar-refractivity contribution in [2.45, 2.75) is 32.6 Å². The summed E-state index contributed by atoms with van der Waals surface area (Å²) in [6, 6.07) is 13.0. The number of esters is 1. The lowest BCUT2D eigenvalue weighted by Gasteiger charge is -2.12. The Bertz CT molecular complexity index is 1330. The number of thiophene rings is 1. The van der Waals surface area contributed by atoms with Crippen LogP contribution in [0.3, 0.4) is 0 Å². The first-order valence-electron chi connectivity index (χ1n) is 10.4. The lowest BCUT2D eigenvalue weighted by atomic mass is 9.95. The quantitative estimate of drug-likeness (QED) is 0.357. The van der Waals surface area contributed by atoms with E-state index >= 15 is 0 Å². The smallest absolute Gasteiger partial charge is 0.341 e. The number of ether oxygens (including phenoxy) is 1. The van der Waals surface area contributed by atoms with Crippen LogP contribution >= 0.6 is 11.3 Å². The van der Waals surface area contributed by atoms with Gasteiger partial charge in [-0.1, -0.05) is 18.2 Å². The fraction of sp³-hybridized carbons (Fsp3) is 0.250. The Labute approximate surface area is 183 Å². The van der Waals surface area contributed by atoms with Gasteiger partial charge in [-0.05, 0) is 62.4 Å². The molecule has 0 atom stereocenters. The van der Waals surface area contributed by atoms with Gasteiger partial charge in [-0.25, -0.2) is 14.8 Å². The molecule has 156 valence electrons. The van der Waals surface area contributed by atoms with E-state index in [-0.39, 0.29) is 11.9 Å². The summed E-state index contributed by atoms with van der Waals surface area (Å²) in [5.74, 6) is -0.680. The standard InChI is InChI=1S/C24H21N3O3S/c1-2-30-24(29)20-14-8-3-6-13-19(14)31-23(20)27-22(28)15-9-7-12-18-21(15)26-17-11-5-4-10-16(17)25-18/h4-5,7,9-12H,2-3,6,8,13H2,1H3,(H,27,28). The van der Waals surface area contributed by atoms with Crippen molar-refractivity contribution in [1.29, 1.82) is 0 Å². The van der Waals surface area contributed by atoms with E-state index in [1.807, 2.05) is 30.3 Å². The third-order valence-electron chi connectivity index (χ3n) is 5.49. The molecule has 6 nitrogen and oxygen atoms in total. The van der Waals surface area contributed by atoms with Crippen molar-refractivity contribution in [3.63, 3.8) is 0 Å². The van der Waals surface area contributed by atoms with E-state index in [1.165, 1.54) is 11.3 Å². The van der Waals surface area contributed by atoms with Crippen LogP contribution in [0.2, 0.25) is 0 Å². The Morgan fingerprint density at radius 3 is 2.55 bits per heavy atom. The van der Waals surface area contributed by atoms with Crippen LogP contribution in [0.4, 0.5) is 5.00 Å². The number of aromatic nitrogens is 2. The molecule has 0 saturated carbocycles. The first-order chi connectivity index (χ1) is 15.2. The van der Waals surface area contributed by atoms with Gasteiger partial charge in [0, 0.05) is 4.88 Å². The minimum Gasteiger partial charge on any atom is -0.462 e. The summed E-state index contributed by atoms with van der Waals surface area (Å²) < 4.78 is 5.29. The van der Waals surface area contributed by atoms with Crippen LogP contribution in [0.25, 0.3) is 22.1 Å². The SMILES string of the molecule is CCOC(=O)c1c(NC(=O)c2cccc3nc4ccccc4nc23)sc2c1CCCC2. The van der Waals surface area contributed by atoms with Gasteiger partial charge in [0.15, 0.2) is 0 Å². The van der Waals surface area contributed by atoms with E-state index in [0.717, 1.165) is 47.2 Å². The zero-order valence-electron chi connectivity index (χ0n) is 17.1. The molecule has 0 bridgehead atoms. The third-order valence-corrected chi connectivity index (χ3v) is 6.70. The highest BCUT2D eigenvalue weighted by Crippen LogP contribution is 2.39. The fourth-order valence-electron chi connectivity index (χ4n) is 4.07. The normalized spacial score (nSPS) is 13.2. The first-order valence-corrected chi connectivity index (χ1v) is 11.3. The second kappa shape index (κ2) is 8.07. The second-order valence-corrected chi connectivity index (χ2v) is 8.58. The van der Waals surface area contributed by atoms with E-state index < -0.39 is 0 Å². The number of fused-ring (bicyclic) bond motifs is 3. The van der Waals surface area contributed by atoms with Gasteiger partial charge in [0.05, 0.1) is 34.3 Å². The van der Waals surface area contributed by atoms with Gasteiger partial charge in [-0.3, -0.25) is 4.79 Å². The predicted octanol–water partition coefficient (Wildman–Crippen LogP) is 5.15. The molecule has 4 aromatic rings. The molecule has 1 aliphatic rings. The average Bonchev–Trinajstić information content (AvgIpc) is 3.15. The number of carbonyl (C=O) groups is 2. The number of anilines is 1. The number of nitrogens with zero attached hydrogens (tertiary/aromatic N) is 2. The van der Waals surface area contributed by atoms with Crippen LogP contribution in [0.1, 0.15) is 50.9 Å². The summed E-state index contributed by atoms with van der Waals surface area (Å²) in [5, 5.41) is 3.53. The molecule has 0 spiro atoms. The maximum atomic E-state index is 13.3. The molecule has 0 aliphatic heterocycles. The van der Waals surface area contributed by atoms with Crippen LogP contribution in [0.15, 0.2) is 42.5 Å². The summed E-state index contributed by atoms with van der Waals surface area (Å²) in [6.45, 7) is 2.08. The summed E-state index contributed by atoms with van der Waals surface area (Å²) in [6.07, 6.45) is 3.89. The maximum absolute atomic E-state index is 13.3. The summed E-state index contributed by atoms with van der Waals surface area (Å²) in [7, 11) is 0. The topological polar surface area (TPSA) is 81.2 Å². The molecule has 2 aromatic heterocycles. The van der Waals surface area contributed by atoms with Crippen molar-refractivity contribution in [2.75, 3.05) is 11.9 Å². The van der Waals surface area contributed by atoms with Crippen LogP contribution < -0.4 is 5.32 Å². The minimum atomic E-state index is -0.374. The molecule has 0 saturated heterocycles. The Hall–Kier alpha value is -3.32. The van der Waals surface area contributed by atoms with Gasteiger partial charge in [0.25, 0.3) is 5.91 Å². The molecule has 1 amide bonds. The zero-order chi connectivity index (χ0) is 21.4. The van der Waals surface area contributed by atoms with E-state index in [2.05, 4.69) is 15.3 Å². The average molecular weight is 432 g/mol. The number of hydrogen-bond donors (Lipinski definition) is 1. The summed E-state index contributed by atoms with van der Waals surface area (Å²) in [5.41, 5.74) is 4.66. The molecule has 31 heavy (non-hydrogen) atoms. The zero-order valence-corrected chi connectivity index (χ0v) is 17.9. The molecule has 5 rings (SSSR count). The van der Waals surface area contributed by atoms with Crippen LogP contribution in [0, 0.1) is 0 Å². The molecule has 0 unspecified atom stereocenters. The Kier molecular flexibility index (Phi) is 5.11. The van der Waals surface area contributed by atoms with Gasteiger partial charge >= 0.3 is 5.97 Å². The number of aryl methyl sites for hydroxylation is 1. The number of amides is 1. The first kappa shape index (κ1) is 19.6. The van der Waals surface area contributed by atoms with E-state index in [0.29, 0.717) is 33.8 Å². The number of hydrogen-bond acceptors (Lipinski definition) is 6. The van der Waals surface area contributed by atoms with Crippen molar-refractivity contribution in [2.24, 2.45) is 0 Å². The number of para-hydroxylation sites is 3. The Morgan fingerprint density at radius 1 is 1.00 bits per heavy atom. The van der Waals surface area contributed by atoms with Crippen molar-refractivity contribution in [3.05, 3.63) is 64.0 Å². The summed E-state index contributed by atoms with van der Waals surface area (Å²) >= 11 is 1.48. The van der Waals surface area contributed by atoms with Gasteiger partial charge in [-0.15, -0.1) is 11.3 Å². The molecule has 7 heteroatoms. The van der Waals surface area contributed by atoms with E-state index in [4.69, 9.17) is 4.74 Å². The molecular formula is C24H21N3O3S. The van der Waals surface area contributed by atoms with Gasteiger partial charge in [0.1, 0.15) is 10.5 Å². The van der Waals surface area contributed by atoms with Crippen molar-refractivity contribution >= 4 is 50.3 Å². The third kappa shape index (κ3) is 3.55. The van der Waals surface area contributed by atoms with Gasteiger partial charge in [0.2, 0.25) is 0 Å².